The number of benzene rings is 1. The van der Waals surface area contributed by atoms with Gasteiger partial charge in [0.05, 0.1) is 16.7 Å². The predicted molar refractivity (Wildman–Crippen MR) is 91.0 cm³/mol. The van der Waals surface area contributed by atoms with E-state index >= 15 is 0 Å². The number of nitrogens with zero attached hydrogens (tertiary/aromatic N) is 3. The number of hydrogen-bond donors (Lipinski definition) is 2. The average molecular weight is 331 g/mol. The van der Waals surface area contributed by atoms with Crippen molar-refractivity contribution >= 4 is 17.4 Å². The molecule has 2 aromatic rings. The van der Waals surface area contributed by atoms with Gasteiger partial charge in [-0.15, -0.1) is 0 Å². The fourth-order valence-corrected chi connectivity index (χ4v) is 2.66. The first kappa shape index (κ1) is 17.5. The van der Waals surface area contributed by atoms with E-state index < -0.39 is 4.92 Å². The molecule has 0 saturated heterocycles. The smallest absolute Gasteiger partial charge is 0.319 e. The van der Waals surface area contributed by atoms with Crippen LogP contribution in [-0.4, -0.2) is 20.7 Å². The lowest BCUT2D eigenvalue weighted by Gasteiger charge is -2.18. The maximum absolute atomic E-state index is 12.2. The first-order valence-electron chi connectivity index (χ1n) is 7.65. The highest BCUT2D eigenvalue weighted by atomic mass is 16.6. The third-order valence-corrected chi connectivity index (χ3v) is 3.96. The van der Waals surface area contributed by atoms with Gasteiger partial charge in [0.25, 0.3) is 5.69 Å². The molecule has 24 heavy (non-hydrogen) atoms. The first-order chi connectivity index (χ1) is 11.3. The van der Waals surface area contributed by atoms with Crippen molar-refractivity contribution in [2.75, 3.05) is 5.32 Å². The number of non-ortho nitro benzene ring substituents is 1. The topological polar surface area (TPSA) is 102 Å². The van der Waals surface area contributed by atoms with Crippen molar-refractivity contribution < 1.29 is 9.72 Å². The summed E-state index contributed by atoms with van der Waals surface area (Å²) in [6, 6.07) is 5.18. The number of carbonyl (C=O) groups excluding carboxylic acids is 1. The molecule has 0 saturated carbocycles. The maximum Gasteiger partial charge on any atom is 0.319 e. The highest BCUT2D eigenvalue weighted by Gasteiger charge is 2.20. The summed E-state index contributed by atoms with van der Waals surface area (Å²) in [5, 5.41) is 20.6. The minimum atomic E-state index is -0.481. The molecule has 0 spiro atoms. The van der Waals surface area contributed by atoms with Gasteiger partial charge in [-0.2, -0.15) is 5.10 Å². The third-order valence-electron chi connectivity index (χ3n) is 3.96. The number of carbonyl (C=O) groups is 1. The zero-order chi connectivity index (χ0) is 17.9. The van der Waals surface area contributed by atoms with E-state index in [0.717, 1.165) is 23.4 Å². The van der Waals surface area contributed by atoms with Gasteiger partial charge in [-0.1, -0.05) is 6.92 Å². The van der Waals surface area contributed by atoms with E-state index in [0.29, 0.717) is 5.69 Å². The Kier molecular flexibility index (Phi) is 5.18. The summed E-state index contributed by atoms with van der Waals surface area (Å²) in [5.74, 6) is 0. The van der Waals surface area contributed by atoms with Crippen molar-refractivity contribution in [2.24, 2.45) is 7.05 Å². The molecule has 0 aliphatic heterocycles. The molecule has 0 radical (unpaired) electrons. The first-order valence-corrected chi connectivity index (χ1v) is 7.65. The molecule has 2 N–H and O–H groups in total. The second-order valence-corrected chi connectivity index (χ2v) is 5.57. The molecule has 8 nitrogen and oxygen atoms in total. The van der Waals surface area contributed by atoms with Gasteiger partial charge in [-0.25, -0.2) is 4.79 Å². The van der Waals surface area contributed by atoms with E-state index in [-0.39, 0.29) is 17.8 Å². The standard InChI is InChI=1S/C16H21N5O3/c1-5-14(15-10(2)19-20(4)11(15)3)18-16(22)17-12-6-8-13(9-7-12)21(23)24/h6-9,14H,5H2,1-4H3,(H2,17,18,22)/t14-/m0/s1. The number of hydrogen-bond acceptors (Lipinski definition) is 4. The molecule has 0 fully saturated rings. The summed E-state index contributed by atoms with van der Waals surface area (Å²) in [4.78, 5) is 22.4. The van der Waals surface area contributed by atoms with E-state index in [1.165, 1.54) is 24.3 Å². The van der Waals surface area contributed by atoms with Gasteiger partial charge in [0.1, 0.15) is 0 Å². The molecule has 0 aliphatic rings. The number of amides is 2. The molecule has 2 rings (SSSR count). The molecular formula is C16H21N5O3. The highest BCUT2D eigenvalue weighted by Crippen LogP contribution is 2.24. The number of nitro groups is 1. The van der Waals surface area contributed by atoms with Gasteiger partial charge in [0.2, 0.25) is 0 Å². The second-order valence-electron chi connectivity index (χ2n) is 5.57. The van der Waals surface area contributed by atoms with Gasteiger partial charge >= 0.3 is 6.03 Å². The Balaban J connectivity index is 2.08. The molecule has 1 atom stereocenters. The van der Waals surface area contributed by atoms with Crippen LogP contribution in [-0.2, 0) is 7.05 Å². The monoisotopic (exact) mass is 331 g/mol. The number of nitro benzene ring substituents is 1. The summed E-state index contributed by atoms with van der Waals surface area (Å²) >= 11 is 0. The van der Waals surface area contributed by atoms with Gasteiger partial charge < -0.3 is 10.6 Å². The van der Waals surface area contributed by atoms with Crippen molar-refractivity contribution in [1.29, 1.82) is 0 Å². The molecule has 1 aromatic carbocycles. The fourth-order valence-electron chi connectivity index (χ4n) is 2.66. The van der Waals surface area contributed by atoms with Crippen LogP contribution in [0.1, 0.15) is 36.3 Å². The van der Waals surface area contributed by atoms with Crippen molar-refractivity contribution in [3.05, 3.63) is 51.3 Å². The summed E-state index contributed by atoms with van der Waals surface area (Å²) in [7, 11) is 1.87. The van der Waals surface area contributed by atoms with Crippen molar-refractivity contribution in [3.8, 4) is 0 Å². The van der Waals surface area contributed by atoms with Gasteiger partial charge in [0.15, 0.2) is 0 Å². The van der Waals surface area contributed by atoms with Crippen LogP contribution >= 0.6 is 0 Å². The van der Waals surface area contributed by atoms with Crippen LogP contribution in [0.15, 0.2) is 24.3 Å². The third kappa shape index (κ3) is 3.70. The summed E-state index contributed by atoms with van der Waals surface area (Å²) in [6.45, 7) is 5.87. The highest BCUT2D eigenvalue weighted by molar-refractivity contribution is 5.89. The van der Waals surface area contributed by atoms with Crippen LogP contribution in [0, 0.1) is 24.0 Å². The van der Waals surface area contributed by atoms with Crippen LogP contribution < -0.4 is 10.6 Å². The SMILES string of the molecule is CC[C@H](NC(=O)Nc1ccc([N+](=O)[O-])cc1)c1c(C)nn(C)c1C. The van der Waals surface area contributed by atoms with E-state index in [2.05, 4.69) is 15.7 Å². The Morgan fingerprint density at radius 3 is 2.42 bits per heavy atom. The quantitative estimate of drug-likeness (QED) is 0.648. The molecule has 0 unspecified atom stereocenters. The van der Waals surface area contributed by atoms with E-state index in [4.69, 9.17) is 0 Å². The van der Waals surface area contributed by atoms with Crippen LogP contribution in [0.4, 0.5) is 16.2 Å². The lowest BCUT2D eigenvalue weighted by Crippen LogP contribution is -2.32. The second kappa shape index (κ2) is 7.12. The Labute approximate surface area is 140 Å². The van der Waals surface area contributed by atoms with Gasteiger partial charge in [-0.3, -0.25) is 14.8 Å². The average Bonchev–Trinajstić information content (AvgIpc) is 2.78. The Morgan fingerprint density at radius 2 is 1.96 bits per heavy atom. The Morgan fingerprint density at radius 1 is 1.33 bits per heavy atom. The zero-order valence-corrected chi connectivity index (χ0v) is 14.2. The normalized spacial score (nSPS) is 11.8. The maximum atomic E-state index is 12.2. The van der Waals surface area contributed by atoms with E-state index in [1.54, 1.807) is 4.68 Å². The Hall–Kier alpha value is -2.90. The van der Waals surface area contributed by atoms with Gasteiger partial charge in [-0.05, 0) is 32.4 Å². The fraction of sp³-hybridized carbons (Fsp3) is 0.375. The van der Waals surface area contributed by atoms with Crippen molar-refractivity contribution in [1.82, 2.24) is 15.1 Å². The number of anilines is 1. The zero-order valence-electron chi connectivity index (χ0n) is 14.2. The number of urea groups is 1. The molecule has 1 aromatic heterocycles. The largest absolute Gasteiger partial charge is 0.331 e. The molecule has 8 heteroatoms. The predicted octanol–water partition coefficient (Wildman–Crippen LogP) is 3.22. The van der Waals surface area contributed by atoms with Crippen LogP contribution in [0.25, 0.3) is 0 Å². The molecular weight excluding hydrogens is 310 g/mol. The molecule has 2 amide bonds. The molecule has 0 aliphatic carbocycles. The minimum Gasteiger partial charge on any atom is -0.331 e. The van der Waals surface area contributed by atoms with Crippen molar-refractivity contribution in [2.45, 2.75) is 33.2 Å². The van der Waals surface area contributed by atoms with E-state index in [9.17, 15) is 14.9 Å². The molecule has 0 bridgehead atoms. The number of aryl methyl sites for hydroxylation is 2. The van der Waals surface area contributed by atoms with E-state index in [1.807, 2.05) is 27.8 Å². The lowest BCUT2D eigenvalue weighted by atomic mass is 10.0. The number of rotatable bonds is 5. The van der Waals surface area contributed by atoms with Gasteiger partial charge in [0, 0.05) is 36.1 Å². The lowest BCUT2D eigenvalue weighted by molar-refractivity contribution is -0.384. The number of aromatic nitrogens is 2. The van der Waals surface area contributed by atoms with Crippen molar-refractivity contribution in [3.63, 3.8) is 0 Å². The summed E-state index contributed by atoms with van der Waals surface area (Å²) in [6.07, 6.45) is 0.723. The summed E-state index contributed by atoms with van der Waals surface area (Å²) < 4.78 is 1.79. The van der Waals surface area contributed by atoms with Crippen LogP contribution in [0.5, 0.6) is 0 Å². The molecule has 1 heterocycles. The Bertz CT molecular complexity index is 752. The molecule has 128 valence electrons. The number of nitrogens with one attached hydrogen (secondary N) is 2. The van der Waals surface area contributed by atoms with Crippen LogP contribution in [0.2, 0.25) is 0 Å². The summed E-state index contributed by atoms with van der Waals surface area (Å²) in [5.41, 5.74) is 3.38. The minimum absolute atomic E-state index is 0.0194. The van der Waals surface area contributed by atoms with Crippen LogP contribution in [0.3, 0.4) is 0 Å².